The Balaban J connectivity index is 0.00000225. The summed E-state index contributed by atoms with van der Waals surface area (Å²) in [5, 5.41) is 3.01. The molecule has 1 rings (SSSR count). The van der Waals surface area contributed by atoms with E-state index in [9.17, 15) is 4.79 Å². The average molecular weight is 267 g/mol. The molecule has 3 nitrogen and oxygen atoms in total. The largest absolute Gasteiger partial charge is 0.354 e. The maximum Gasteiger partial charge on any atom is 0.224 e. The van der Waals surface area contributed by atoms with E-state index in [-0.39, 0.29) is 35.0 Å². The summed E-state index contributed by atoms with van der Waals surface area (Å²) in [6, 6.07) is 0.0717. The van der Waals surface area contributed by atoms with Crippen molar-refractivity contribution in [3.63, 3.8) is 0 Å². The molecule has 0 saturated heterocycles. The minimum atomic E-state index is 0. The van der Waals surface area contributed by atoms with Gasteiger partial charge in [0.25, 0.3) is 0 Å². The molecule has 0 radical (unpaired) electrons. The van der Waals surface area contributed by atoms with Crippen molar-refractivity contribution < 1.29 is 4.79 Å². The lowest BCUT2D eigenvalue weighted by atomic mass is 10.0. The van der Waals surface area contributed by atoms with Gasteiger partial charge in [0, 0.05) is 17.3 Å². The maximum atomic E-state index is 11.8. The van der Waals surface area contributed by atoms with E-state index in [1.54, 1.807) is 11.8 Å². The zero-order valence-corrected chi connectivity index (χ0v) is 11.9. The van der Waals surface area contributed by atoms with Crippen molar-refractivity contribution in [3.05, 3.63) is 0 Å². The molecule has 0 aromatic carbocycles. The lowest BCUT2D eigenvalue weighted by molar-refractivity contribution is -0.125. The molecule has 0 aromatic rings. The van der Waals surface area contributed by atoms with Gasteiger partial charge in [-0.3, -0.25) is 4.79 Å². The second kappa shape index (κ2) is 6.72. The molecule has 1 fully saturated rings. The van der Waals surface area contributed by atoms with Gasteiger partial charge in [-0.1, -0.05) is 6.42 Å². The van der Waals surface area contributed by atoms with Crippen LogP contribution in [0.5, 0.6) is 0 Å². The second-order valence-electron chi connectivity index (χ2n) is 4.88. The van der Waals surface area contributed by atoms with Crippen LogP contribution in [0.15, 0.2) is 0 Å². The van der Waals surface area contributed by atoms with Crippen molar-refractivity contribution in [2.45, 2.75) is 43.9 Å². The molecule has 1 aliphatic carbocycles. The minimum Gasteiger partial charge on any atom is -0.354 e. The Morgan fingerprint density at radius 1 is 1.50 bits per heavy atom. The van der Waals surface area contributed by atoms with Gasteiger partial charge in [0.2, 0.25) is 5.91 Å². The van der Waals surface area contributed by atoms with Crippen LogP contribution in [0.1, 0.15) is 33.1 Å². The van der Waals surface area contributed by atoms with Crippen molar-refractivity contribution in [1.82, 2.24) is 5.32 Å². The number of thioether (sulfide) groups is 1. The number of nitrogens with one attached hydrogen (secondary N) is 1. The van der Waals surface area contributed by atoms with Gasteiger partial charge in [0.05, 0.1) is 5.92 Å². The van der Waals surface area contributed by atoms with Gasteiger partial charge in [-0.05, 0) is 32.9 Å². The summed E-state index contributed by atoms with van der Waals surface area (Å²) >= 11 is 1.77. The van der Waals surface area contributed by atoms with Gasteiger partial charge in [0.1, 0.15) is 0 Å². The highest BCUT2D eigenvalue weighted by atomic mass is 35.5. The highest BCUT2D eigenvalue weighted by Crippen LogP contribution is 2.25. The van der Waals surface area contributed by atoms with E-state index >= 15 is 0 Å². The number of carbonyl (C=O) groups excluding carboxylic acids is 1. The molecular formula is C11H23ClN2OS. The van der Waals surface area contributed by atoms with E-state index < -0.39 is 0 Å². The number of hydrogen-bond acceptors (Lipinski definition) is 3. The molecule has 16 heavy (non-hydrogen) atoms. The zero-order chi connectivity index (χ0) is 11.5. The third-order valence-electron chi connectivity index (χ3n) is 3.15. The van der Waals surface area contributed by atoms with Crippen LogP contribution in [-0.4, -0.2) is 29.5 Å². The van der Waals surface area contributed by atoms with Crippen LogP contribution in [-0.2, 0) is 4.79 Å². The second-order valence-corrected chi connectivity index (χ2v) is 6.40. The number of rotatable bonds is 4. The first-order valence-electron chi connectivity index (χ1n) is 5.55. The molecule has 2 atom stereocenters. The summed E-state index contributed by atoms with van der Waals surface area (Å²) in [4.78, 5) is 11.8. The van der Waals surface area contributed by atoms with E-state index in [0.29, 0.717) is 0 Å². The monoisotopic (exact) mass is 266 g/mol. The number of nitrogens with two attached hydrogens (primary N) is 1. The molecule has 5 heteroatoms. The summed E-state index contributed by atoms with van der Waals surface area (Å²) in [5.74, 6) is 0.185. The summed E-state index contributed by atoms with van der Waals surface area (Å²) in [6.45, 7) is 4.98. The Morgan fingerprint density at radius 3 is 2.56 bits per heavy atom. The maximum absolute atomic E-state index is 11.8. The van der Waals surface area contributed by atoms with Crippen LogP contribution in [0, 0.1) is 5.92 Å². The molecule has 0 heterocycles. The van der Waals surface area contributed by atoms with Gasteiger partial charge < -0.3 is 11.1 Å². The number of amides is 1. The predicted molar refractivity (Wildman–Crippen MR) is 73.2 cm³/mol. The Morgan fingerprint density at radius 2 is 2.12 bits per heavy atom. The summed E-state index contributed by atoms with van der Waals surface area (Å²) < 4.78 is 0.109. The molecule has 0 aliphatic heterocycles. The number of halogens is 1. The van der Waals surface area contributed by atoms with Gasteiger partial charge in [-0.25, -0.2) is 0 Å². The molecule has 1 amide bonds. The zero-order valence-electron chi connectivity index (χ0n) is 10.3. The van der Waals surface area contributed by atoms with Gasteiger partial charge in [-0.2, -0.15) is 11.8 Å². The fourth-order valence-electron chi connectivity index (χ4n) is 1.82. The first-order valence-corrected chi connectivity index (χ1v) is 6.77. The molecule has 0 spiro atoms. The van der Waals surface area contributed by atoms with Crippen molar-refractivity contribution in [3.8, 4) is 0 Å². The molecule has 0 aromatic heterocycles. The summed E-state index contributed by atoms with van der Waals surface area (Å²) in [6.07, 6.45) is 5.09. The minimum absolute atomic E-state index is 0. The normalized spacial score (nSPS) is 25.0. The van der Waals surface area contributed by atoms with Crippen LogP contribution >= 0.6 is 24.2 Å². The molecule has 1 aliphatic rings. The Labute approximate surface area is 109 Å². The van der Waals surface area contributed by atoms with Crippen LogP contribution in [0.3, 0.4) is 0 Å². The van der Waals surface area contributed by atoms with Gasteiger partial charge in [0.15, 0.2) is 0 Å². The third kappa shape index (κ3) is 4.52. The van der Waals surface area contributed by atoms with Gasteiger partial charge >= 0.3 is 0 Å². The summed E-state index contributed by atoms with van der Waals surface area (Å²) in [5.41, 5.74) is 5.89. The Bertz CT molecular complexity index is 236. The van der Waals surface area contributed by atoms with Crippen molar-refractivity contribution in [1.29, 1.82) is 0 Å². The lowest BCUT2D eigenvalue weighted by Gasteiger charge is -2.24. The third-order valence-corrected chi connectivity index (χ3v) is 4.40. The Kier molecular flexibility index (Phi) is 6.75. The average Bonchev–Trinajstić information content (AvgIpc) is 2.61. The molecule has 3 N–H and O–H groups in total. The van der Waals surface area contributed by atoms with E-state index in [4.69, 9.17) is 5.73 Å². The number of hydrogen-bond donors (Lipinski definition) is 2. The topological polar surface area (TPSA) is 55.1 Å². The molecule has 96 valence electrons. The van der Waals surface area contributed by atoms with Crippen LogP contribution in [0.4, 0.5) is 0 Å². The fourth-order valence-corrected chi connectivity index (χ4v) is 2.03. The van der Waals surface area contributed by atoms with E-state index in [1.807, 2.05) is 0 Å². The smallest absolute Gasteiger partial charge is 0.224 e. The van der Waals surface area contributed by atoms with Crippen molar-refractivity contribution >= 4 is 30.1 Å². The SMILES string of the molecule is CSC(C)(C)CNC(=O)C1CCCC1N.Cl. The van der Waals surface area contributed by atoms with E-state index in [2.05, 4.69) is 25.4 Å². The van der Waals surface area contributed by atoms with Crippen molar-refractivity contribution in [2.24, 2.45) is 11.7 Å². The summed E-state index contributed by atoms with van der Waals surface area (Å²) in [7, 11) is 0. The quantitative estimate of drug-likeness (QED) is 0.816. The van der Waals surface area contributed by atoms with Gasteiger partial charge in [-0.15, -0.1) is 12.4 Å². The van der Waals surface area contributed by atoms with E-state index in [1.165, 1.54) is 0 Å². The first-order chi connectivity index (χ1) is 6.96. The molecule has 0 bridgehead atoms. The highest BCUT2D eigenvalue weighted by Gasteiger charge is 2.30. The molecule has 2 unspecified atom stereocenters. The van der Waals surface area contributed by atoms with Crippen LogP contribution < -0.4 is 11.1 Å². The molecule has 1 saturated carbocycles. The number of carbonyl (C=O) groups is 1. The Hall–Kier alpha value is 0.0700. The lowest BCUT2D eigenvalue weighted by Crippen LogP contribution is -2.43. The van der Waals surface area contributed by atoms with E-state index in [0.717, 1.165) is 25.8 Å². The fraction of sp³-hybridized carbons (Fsp3) is 0.909. The first kappa shape index (κ1) is 16.1. The highest BCUT2D eigenvalue weighted by molar-refractivity contribution is 7.99. The predicted octanol–water partition coefficient (Wildman–Crippen LogP) is 1.79. The van der Waals surface area contributed by atoms with Crippen LogP contribution in [0.25, 0.3) is 0 Å². The molecular weight excluding hydrogens is 244 g/mol. The van der Waals surface area contributed by atoms with Crippen molar-refractivity contribution in [2.75, 3.05) is 12.8 Å². The van der Waals surface area contributed by atoms with Crippen LogP contribution in [0.2, 0.25) is 0 Å². The standard InChI is InChI=1S/C11H22N2OS.ClH/c1-11(2,15-3)7-13-10(14)8-5-4-6-9(8)12;/h8-9H,4-7,12H2,1-3H3,(H,13,14);1H.